The Kier molecular flexibility index (Phi) is 9.01. The van der Waals surface area contributed by atoms with Crippen LogP contribution in [-0.4, -0.2) is 79.9 Å². The summed E-state index contributed by atoms with van der Waals surface area (Å²) in [5.74, 6) is -13.0. The summed E-state index contributed by atoms with van der Waals surface area (Å²) in [6, 6.07) is 4.11. The number of aliphatic carboxylic acids is 2. The zero-order chi connectivity index (χ0) is 30.8. The molecule has 0 bridgehead atoms. The van der Waals surface area contributed by atoms with Crippen LogP contribution < -0.4 is 19.7 Å². The van der Waals surface area contributed by atoms with Gasteiger partial charge in [-0.25, -0.2) is 22.4 Å². The molecule has 0 aromatic heterocycles. The van der Waals surface area contributed by atoms with E-state index in [-0.39, 0.29) is 29.4 Å². The van der Waals surface area contributed by atoms with Gasteiger partial charge in [0, 0.05) is 24.7 Å². The zero-order valence-electron chi connectivity index (χ0n) is 22.3. The number of methoxy groups -OCH3 is 1. The summed E-state index contributed by atoms with van der Waals surface area (Å²) in [6.45, 7) is 2.84. The average Bonchev–Trinajstić information content (AvgIpc) is 3.22. The number of carboxylic acid groups (broad SMARTS) is 2. The van der Waals surface area contributed by atoms with Gasteiger partial charge in [-0.2, -0.15) is 0 Å². The molecule has 1 aliphatic rings. The standard InChI is InChI=1S/C26H27FN2O11S/c1-5-40-18-10-13(6-9-17(18)39-3)14(11-41(4,37)38)22-20(23(31)25(33)34)19-16(29(22)24(32)26(35)36)8-7-15(27)21(19)28-12(2)30/h6-10,14,20,22H,5,11H2,1-4H3,(H,28,30)(H,33,34)(H,35,36). The fraction of sp³-hybridized carbons (Fsp3) is 0.346. The molecule has 0 radical (unpaired) electrons. The van der Waals surface area contributed by atoms with Crippen molar-refractivity contribution in [1.82, 2.24) is 0 Å². The van der Waals surface area contributed by atoms with Crippen LogP contribution in [0, 0.1) is 5.82 Å². The maximum atomic E-state index is 15.1. The lowest BCUT2D eigenvalue weighted by atomic mass is 9.80. The van der Waals surface area contributed by atoms with Gasteiger partial charge in [-0.05, 0) is 36.8 Å². The molecular formula is C26H27FN2O11S. The van der Waals surface area contributed by atoms with E-state index in [9.17, 15) is 42.6 Å². The average molecular weight is 595 g/mol. The van der Waals surface area contributed by atoms with E-state index in [1.54, 1.807) is 6.92 Å². The molecule has 2 amide bonds. The van der Waals surface area contributed by atoms with Crippen molar-refractivity contribution in [1.29, 1.82) is 0 Å². The van der Waals surface area contributed by atoms with E-state index in [4.69, 9.17) is 9.47 Å². The van der Waals surface area contributed by atoms with Crippen LogP contribution in [0.3, 0.4) is 0 Å². The quantitative estimate of drug-likeness (QED) is 0.338. The number of hydrogen-bond acceptors (Lipinski definition) is 9. The van der Waals surface area contributed by atoms with Gasteiger partial charge in [0.1, 0.15) is 15.7 Å². The number of carbonyl (C=O) groups excluding carboxylic acids is 3. The molecule has 3 unspecified atom stereocenters. The molecule has 3 atom stereocenters. The largest absolute Gasteiger partial charge is 0.493 e. The van der Waals surface area contributed by atoms with Gasteiger partial charge in [0.15, 0.2) is 11.5 Å². The highest BCUT2D eigenvalue weighted by atomic mass is 32.2. The molecule has 2 aromatic rings. The molecule has 220 valence electrons. The number of nitrogens with zero attached hydrogens (tertiary/aromatic N) is 1. The number of rotatable bonds is 10. The summed E-state index contributed by atoms with van der Waals surface area (Å²) in [5, 5.41) is 21.6. The maximum Gasteiger partial charge on any atom is 0.394 e. The van der Waals surface area contributed by atoms with Gasteiger partial charge in [-0.15, -0.1) is 0 Å². The van der Waals surface area contributed by atoms with Crippen LogP contribution in [0.2, 0.25) is 0 Å². The van der Waals surface area contributed by atoms with Crippen molar-refractivity contribution >= 4 is 50.7 Å². The minimum absolute atomic E-state index is 0.116. The highest BCUT2D eigenvalue weighted by Crippen LogP contribution is 2.51. The number of anilines is 2. The Balaban J connectivity index is 2.46. The van der Waals surface area contributed by atoms with E-state index in [1.807, 2.05) is 0 Å². The molecule has 0 spiro atoms. The Hall–Kier alpha value is -4.53. The zero-order valence-corrected chi connectivity index (χ0v) is 23.2. The van der Waals surface area contributed by atoms with Crippen LogP contribution in [0.4, 0.5) is 15.8 Å². The van der Waals surface area contributed by atoms with Crippen molar-refractivity contribution in [3.8, 4) is 11.5 Å². The molecule has 1 heterocycles. The van der Waals surface area contributed by atoms with Crippen LogP contribution in [0.25, 0.3) is 0 Å². The predicted octanol–water partition coefficient (Wildman–Crippen LogP) is 1.56. The summed E-state index contributed by atoms with van der Waals surface area (Å²) in [4.78, 5) is 62.9. The second kappa shape index (κ2) is 11.9. The lowest BCUT2D eigenvalue weighted by molar-refractivity contribution is -0.150. The van der Waals surface area contributed by atoms with E-state index >= 15 is 4.39 Å². The number of nitrogens with one attached hydrogen (secondary N) is 1. The number of sulfone groups is 1. The van der Waals surface area contributed by atoms with Crippen molar-refractivity contribution in [3.05, 3.63) is 47.3 Å². The highest BCUT2D eigenvalue weighted by Gasteiger charge is 2.54. The fourth-order valence-corrected chi connectivity index (χ4v) is 6.02. The van der Waals surface area contributed by atoms with Gasteiger partial charge in [0.2, 0.25) is 11.7 Å². The predicted molar refractivity (Wildman–Crippen MR) is 142 cm³/mol. The molecule has 13 nitrogen and oxygen atoms in total. The third kappa shape index (κ3) is 6.29. The normalized spacial score (nSPS) is 16.9. The van der Waals surface area contributed by atoms with E-state index in [0.29, 0.717) is 4.90 Å². The number of hydrogen-bond donors (Lipinski definition) is 3. The first-order chi connectivity index (χ1) is 19.1. The minimum Gasteiger partial charge on any atom is -0.493 e. The number of ether oxygens (including phenoxy) is 2. The molecule has 3 N–H and O–H groups in total. The Morgan fingerprint density at radius 2 is 1.73 bits per heavy atom. The first-order valence-electron chi connectivity index (χ1n) is 12.0. The third-order valence-electron chi connectivity index (χ3n) is 6.39. The van der Waals surface area contributed by atoms with Crippen LogP contribution in [0.15, 0.2) is 30.3 Å². The monoisotopic (exact) mass is 594 g/mol. The topological polar surface area (TPSA) is 194 Å². The first kappa shape index (κ1) is 31.0. The number of carbonyl (C=O) groups is 5. The van der Waals surface area contributed by atoms with Crippen LogP contribution in [-0.2, 0) is 33.8 Å². The summed E-state index contributed by atoms with van der Waals surface area (Å²) >= 11 is 0. The van der Waals surface area contributed by atoms with Crippen molar-refractivity contribution in [2.24, 2.45) is 0 Å². The number of halogens is 1. The van der Waals surface area contributed by atoms with Crippen LogP contribution in [0.1, 0.15) is 36.8 Å². The number of benzene rings is 2. The van der Waals surface area contributed by atoms with E-state index < -0.39 is 80.1 Å². The van der Waals surface area contributed by atoms with Crippen LogP contribution in [0.5, 0.6) is 11.5 Å². The molecular weight excluding hydrogens is 567 g/mol. The number of Topliss-reactive ketones (excluding diaryl/α,β-unsaturated/α-hetero) is 1. The Labute approximate surface area is 233 Å². The Bertz CT molecular complexity index is 1540. The van der Waals surface area contributed by atoms with Crippen molar-refractivity contribution in [2.45, 2.75) is 31.7 Å². The summed E-state index contributed by atoms with van der Waals surface area (Å²) in [5.41, 5.74) is -1.40. The molecule has 0 fully saturated rings. The summed E-state index contributed by atoms with van der Waals surface area (Å²) < 4.78 is 51.2. The Morgan fingerprint density at radius 3 is 2.24 bits per heavy atom. The second-order valence-corrected chi connectivity index (χ2v) is 11.4. The van der Waals surface area contributed by atoms with E-state index in [2.05, 4.69) is 5.32 Å². The number of carboxylic acids is 2. The lowest BCUT2D eigenvalue weighted by Crippen LogP contribution is -2.49. The van der Waals surface area contributed by atoms with Crippen LogP contribution >= 0.6 is 0 Å². The second-order valence-electron chi connectivity index (χ2n) is 9.20. The molecule has 2 aromatic carbocycles. The Morgan fingerprint density at radius 1 is 1.07 bits per heavy atom. The van der Waals surface area contributed by atoms with E-state index in [1.165, 1.54) is 25.3 Å². The maximum absolute atomic E-state index is 15.1. The first-order valence-corrected chi connectivity index (χ1v) is 14.1. The fourth-order valence-electron chi connectivity index (χ4n) is 4.98. The molecule has 3 rings (SSSR count). The van der Waals surface area contributed by atoms with Crippen molar-refractivity contribution in [2.75, 3.05) is 35.9 Å². The van der Waals surface area contributed by atoms with Gasteiger partial charge in [0.05, 0.1) is 42.8 Å². The third-order valence-corrected chi connectivity index (χ3v) is 7.35. The van der Waals surface area contributed by atoms with Crippen molar-refractivity contribution < 1.29 is 56.5 Å². The molecule has 0 saturated carbocycles. The van der Waals surface area contributed by atoms with E-state index in [0.717, 1.165) is 25.3 Å². The van der Waals surface area contributed by atoms with Gasteiger partial charge >= 0.3 is 17.8 Å². The van der Waals surface area contributed by atoms with Gasteiger partial charge in [-0.1, -0.05) is 6.07 Å². The summed E-state index contributed by atoms with van der Waals surface area (Å²) in [7, 11) is -2.62. The number of amides is 2. The molecule has 1 aliphatic heterocycles. The molecule has 0 saturated heterocycles. The van der Waals surface area contributed by atoms with Gasteiger partial charge in [0.25, 0.3) is 0 Å². The van der Waals surface area contributed by atoms with Gasteiger partial charge < -0.3 is 25.0 Å². The summed E-state index contributed by atoms with van der Waals surface area (Å²) in [6.07, 6.45) is 0.856. The SMILES string of the molecule is CCOc1cc(C(CS(C)(=O)=O)C2C(C(=O)C(=O)O)c3c(ccc(F)c3NC(C)=O)N2C(=O)C(=O)O)ccc1OC. The number of fused-ring (bicyclic) bond motifs is 1. The minimum atomic E-state index is -3.97. The number of ketones is 1. The van der Waals surface area contributed by atoms with Crippen molar-refractivity contribution in [3.63, 3.8) is 0 Å². The molecule has 15 heteroatoms. The molecule has 0 aliphatic carbocycles. The molecule has 41 heavy (non-hydrogen) atoms. The smallest absolute Gasteiger partial charge is 0.394 e. The lowest BCUT2D eigenvalue weighted by Gasteiger charge is -2.34. The van der Waals surface area contributed by atoms with Gasteiger partial charge in [-0.3, -0.25) is 19.3 Å². The highest BCUT2D eigenvalue weighted by molar-refractivity contribution is 7.90.